The number of fused-ring (bicyclic) bond motifs is 1. The van der Waals surface area contributed by atoms with E-state index in [1.165, 1.54) is 21.7 Å². The highest BCUT2D eigenvalue weighted by molar-refractivity contribution is 9.10. The van der Waals surface area contributed by atoms with Gasteiger partial charge in [-0.15, -0.1) is 11.3 Å². The van der Waals surface area contributed by atoms with Gasteiger partial charge in [0.05, 0.1) is 10.4 Å². The molecule has 4 heteroatoms. The van der Waals surface area contributed by atoms with Crippen LogP contribution in [0.1, 0.15) is 28.5 Å². The van der Waals surface area contributed by atoms with Gasteiger partial charge in [0, 0.05) is 15.0 Å². The molecule has 1 heterocycles. The van der Waals surface area contributed by atoms with Crippen molar-refractivity contribution in [3.63, 3.8) is 0 Å². The number of halogens is 2. The Labute approximate surface area is 124 Å². The summed E-state index contributed by atoms with van der Waals surface area (Å²) in [6.07, 6.45) is 2.29. The Morgan fingerprint density at radius 1 is 1.39 bits per heavy atom. The molecule has 0 spiro atoms. The zero-order chi connectivity index (χ0) is 12.7. The molecule has 1 nitrogen and oxygen atoms in total. The molecule has 0 saturated carbocycles. The van der Waals surface area contributed by atoms with Gasteiger partial charge >= 0.3 is 0 Å². The first-order chi connectivity index (χ1) is 8.63. The number of aryl methyl sites for hydroxylation is 2. The van der Waals surface area contributed by atoms with E-state index in [2.05, 4.69) is 52.4 Å². The van der Waals surface area contributed by atoms with E-state index in [-0.39, 0.29) is 0 Å². The molecule has 0 fully saturated rings. The first-order valence-corrected chi connectivity index (χ1v) is 7.93. The number of hydrogen-bond acceptors (Lipinski definition) is 2. The maximum atomic E-state index is 6.09. The van der Waals surface area contributed by atoms with Crippen molar-refractivity contribution in [3.8, 4) is 0 Å². The third-order valence-corrected chi connectivity index (χ3v) is 5.21. The van der Waals surface area contributed by atoms with E-state index in [1.807, 2.05) is 0 Å². The van der Waals surface area contributed by atoms with Gasteiger partial charge < -0.3 is 5.32 Å². The fourth-order valence-electron chi connectivity index (χ4n) is 2.42. The standard InChI is InChI=1S/C14H13BrClNS/c1-8-2-3-9(15)6-12(8)17-11-4-5-13-10(11)7-14(16)18-13/h2-3,6-7,11,17H,4-5H2,1H3. The van der Waals surface area contributed by atoms with Gasteiger partial charge in [0.15, 0.2) is 0 Å². The van der Waals surface area contributed by atoms with Crippen LogP contribution in [0.4, 0.5) is 5.69 Å². The summed E-state index contributed by atoms with van der Waals surface area (Å²) in [6, 6.07) is 8.85. The lowest BCUT2D eigenvalue weighted by Crippen LogP contribution is -2.07. The quantitative estimate of drug-likeness (QED) is 0.752. The van der Waals surface area contributed by atoms with E-state index in [4.69, 9.17) is 11.6 Å². The van der Waals surface area contributed by atoms with Crippen LogP contribution < -0.4 is 5.32 Å². The van der Waals surface area contributed by atoms with Crippen LogP contribution in [0.5, 0.6) is 0 Å². The molecule has 1 N–H and O–H groups in total. The second-order valence-electron chi connectivity index (χ2n) is 4.62. The lowest BCUT2D eigenvalue weighted by molar-refractivity contribution is 0.761. The van der Waals surface area contributed by atoms with E-state index >= 15 is 0 Å². The maximum Gasteiger partial charge on any atom is 0.0934 e. The minimum Gasteiger partial charge on any atom is -0.378 e. The molecular weight excluding hydrogens is 330 g/mol. The van der Waals surface area contributed by atoms with Gasteiger partial charge in [0.1, 0.15) is 0 Å². The van der Waals surface area contributed by atoms with Crippen LogP contribution in [-0.4, -0.2) is 0 Å². The number of thiophene rings is 1. The first kappa shape index (κ1) is 12.5. The Hall–Kier alpha value is -0.510. The summed E-state index contributed by atoms with van der Waals surface area (Å²) in [5.41, 5.74) is 3.85. The molecular formula is C14H13BrClNS. The van der Waals surface area contributed by atoms with Crippen molar-refractivity contribution in [3.05, 3.63) is 49.1 Å². The normalized spacial score (nSPS) is 17.8. The number of anilines is 1. The third kappa shape index (κ3) is 2.31. The van der Waals surface area contributed by atoms with E-state index in [9.17, 15) is 0 Å². The SMILES string of the molecule is Cc1ccc(Br)cc1NC1CCc2sc(Cl)cc21. The van der Waals surface area contributed by atoms with Gasteiger partial charge in [0.25, 0.3) is 0 Å². The molecule has 18 heavy (non-hydrogen) atoms. The van der Waals surface area contributed by atoms with Crippen molar-refractivity contribution in [2.24, 2.45) is 0 Å². The predicted molar refractivity (Wildman–Crippen MR) is 82.9 cm³/mol. The van der Waals surface area contributed by atoms with Gasteiger partial charge in [0.2, 0.25) is 0 Å². The van der Waals surface area contributed by atoms with Crippen LogP contribution >= 0.6 is 38.9 Å². The van der Waals surface area contributed by atoms with Gasteiger partial charge in [-0.3, -0.25) is 0 Å². The average Bonchev–Trinajstić information content (AvgIpc) is 2.84. The molecule has 0 radical (unpaired) electrons. The Kier molecular flexibility index (Phi) is 3.39. The van der Waals surface area contributed by atoms with Gasteiger partial charge in [-0.05, 0) is 49.1 Å². The lowest BCUT2D eigenvalue weighted by Gasteiger charge is -2.16. The van der Waals surface area contributed by atoms with Gasteiger partial charge in [-0.2, -0.15) is 0 Å². The number of hydrogen-bond donors (Lipinski definition) is 1. The Bertz CT molecular complexity index is 593. The Balaban J connectivity index is 1.88. The number of nitrogens with one attached hydrogen (secondary N) is 1. The van der Waals surface area contributed by atoms with Crippen LogP contribution in [0, 0.1) is 6.92 Å². The van der Waals surface area contributed by atoms with Crippen LogP contribution in [-0.2, 0) is 6.42 Å². The van der Waals surface area contributed by atoms with Gasteiger partial charge in [-0.25, -0.2) is 0 Å². The molecule has 94 valence electrons. The molecule has 1 unspecified atom stereocenters. The number of rotatable bonds is 2. The second kappa shape index (κ2) is 4.87. The topological polar surface area (TPSA) is 12.0 Å². The molecule has 1 aliphatic rings. The summed E-state index contributed by atoms with van der Waals surface area (Å²) in [6.45, 7) is 2.13. The molecule has 0 bridgehead atoms. The molecule has 1 aromatic carbocycles. The minimum absolute atomic E-state index is 0.400. The largest absolute Gasteiger partial charge is 0.378 e. The molecule has 0 aliphatic heterocycles. The van der Waals surface area contributed by atoms with Crippen LogP contribution in [0.3, 0.4) is 0 Å². The highest BCUT2D eigenvalue weighted by Gasteiger charge is 2.25. The van der Waals surface area contributed by atoms with Gasteiger partial charge in [-0.1, -0.05) is 33.6 Å². The van der Waals surface area contributed by atoms with E-state index in [1.54, 1.807) is 11.3 Å². The van der Waals surface area contributed by atoms with E-state index < -0.39 is 0 Å². The molecule has 0 amide bonds. The molecule has 2 aromatic rings. The van der Waals surface area contributed by atoms with Crippen LogP contribution in [0.25, 0.3) is 0 Å². The molecule has 0 saturated heterocycles. The highest BCUT2D eigenvalue weighted by Crippen LogP contribution is 2.41. The highest BCUT2D eigenvalue weighted by atomic mass is 79.9. The molecule has 3 rings (SSSR count). The fourth-order valence-corrected chi connectivity index (χ4v) is 4.14. The summed E-state index contributed by atoms with van der Waals surface area (Å²) in [7, 11) is 0. The maximum absolute atomic E-state index is 6.09. The van der Waals surface area contributed by atoms with Crippen molar-refractivity contribution in [2.45, 2.75) is 25.8 Å². The van der Waals surface area contributed by atoms with Crippen molar-refractivity contribution in [2.75, 3.05) is 5.32 Å². The predicted octanol–water partition coefficient (Wildman–Crippen LogP) is 5.57. The average molecular weight is 343 g/mol. The number of benzene rings is 1. The monoisotopic (exact) mass is 341 g/mol. The molecule has 1 aromatic heterocycles. The summed E-state index contributed by atoms with van der Waals surface area (Å²) in [4.78, 5) is 1.44. The first-order valence-electron chi connectivity index (χ1n) is 5.94. The van der Waals surface area contributed by atoms with Crippen LogP contribution in [0.2, 0.25) is 4.34 Å². The van der Waals surface area contributed by atoms with Crippen molar-refractivity contribution in [1.29, 1.82) is 0 Å². The van der Waals surface area contributed by atoms with Crippen LogP contribution in [0.15, 0.2) is 28.7 Å². The smallest absolute Gasteiger partial charge is 0.0934 e. The molecule has 1 atom stereocenters. The second-order valence-corrected chi connectivity index (χ2v) is 7.31. The zero-order valence-corrected chi connectivity index (χ0v) is 13.1. The minimum atomic E-state index is 0.400. The zero-order valence-electron chi connectivity index (χ0n) is 9.97. The van der Waals surface area contributed by atoms with E-state index in [0.29, 0.717) is 6.04 Å². The fraction of sp³-hybridized carbons (Fsp3) is 0.286. The Morgan fingerprint density at radius 3 is 3.06 bits per heavy atom. The van der Waals surface area contributed by atoms with Crippen molar-refractivity contribution in [1.82, 2.24) is 0 Å². The van der Waals surface area contributed by atoms with E-state index in [0.717, 1.165) is 21.7 Å². The van der Waals surface area contributed by atoms with Crippen molar-refractivity contribution >= 4 is 44.6 Å². The summed E-state index contributed by atoms with van der Waals surface area (Å²) in [5, 5.41) is 3.64. The summed E-state index contributed by atoms with van der Waals surface area (Å²) in [5.74, 6) is 0. The Morgan fingerprint density at radius 2 is 2.22 bits per heavy atom. The van der Waals surface area contributed by atoms with Crippen molar-refractivity contribution < 1.29 is 0 Å². The summed E-state index contributed by atoms with van der Waals surface area (Å²) < 4.78 is 2.01. The molecule has 1 aliphatic carbocycles. The third-order valence-electron chi connectivity index (χ3n) is 3.38. The summed E-state index contributed by atoms with van der Waals surface area (Å²) >= 11 is 11.3. The lowest BCUT2D eigenvalue weighted by atomic mass is 10.1.